The molecular formula is C21H42N+. The predicted molar refractivity (Wildman–Crippen MR) is 102 cm³/mol. The molecule has 1 nitrogen and oxygen atoms in total. The van der Waals surface area contributed by atoms with Crippen LogP contribution in [0.2, 0.25) is 0 Å². The Kier molecular flexibility index (Phi) is 14.9. The fourth-order valence-electron chi connectivity index (χ4n) is 2.59. The van der Waals surface area contributed by atoms with Gasteiger partial charge in [-0.25, -0.2) is 0 Å². The number of hydrogen-bond acceptors (Lipinski definition) is 0. The Morgan fingerprint density at radius 3 is 1.50 bits per heavy atom. The van der Waals surface area contributed by atoms with E-state index >= 15 is 0 Å². The van der Waals surface area contributed by atoms with Gasteiger partial charge in [-0.1, -0.05) is 89.7 Å². The van der Waals surface area contributed by atoms with Gasteiger partial charge < -0.3 is 4.48 Å². The van der Waals surface area contributed by atoms with Crippen LogP contribution in [0.4, 0.5) is 0 Å². The molecular weight excluding hydrogens is 266 g/mol. The lowest BCUT2D eigenvalue weighted by molar-refractivity contribution is -0.817. The highest BCUT2D eigenvalue weighted by molar-refractivity contribution is 4.99. The van der Waals surface area contributed by atoms with Gasteiger partial charge in [-0.2, -0.15) is 0 Å². The van der Waals surface area contributed by atoms with Gasteiger partial charge in [-0.15, -0.1) is 0 Å². The van der Waals surface area contributed by atoms with Crippen LogP contribution >= 0.6 is 0 Å². The highest BCUT2D eigenvalue weighted by atomic mass is 15.3. The molecule has 0 unspecified atom stereocenters. The molecule has 0 N–H and O–H groups in total. The Bertz CT molecular complexity index is 270. The first-order chi connectivity index (χ1) is 10.6. The molecule has 0 aromatic rings. The second kappa shape index (κ2) is 15.3. The van der Waals surface area contributed by atoms with Crippen molar-refractivity contribution in [3.8, 4) is 0 Å². The molecule has 0 aromatic heterocycles. The van der Waals surface area contributed by atoms with Crippen molar-refractivity contribution in [3.63, 3.8) is 0 Å². The molecule has 0 rings (SSSR count). The van der Waals surface area contributed by atoms with Crippen molar-refractivity contribution in [1.82, 2.24) is 0 Å². The van der Waals surface area contributed by atoms with Crippen LogP contribution in [-0.4, -0.2) is 25.6 Å². The third-order valence-corrected chi connectivity index (χ3v) is 4.00. The number of rotatable bonds is 15. The van der Waals surface area contributed by atoms with E-state index in [2.05, 4.69) is 52.5 Å². The summed E-state index contributed by atoms with van der Waals surface area (Å²) in [5, 5.41) is 0. The lowest BCUT2D eigenvalue weighted by Crippen LogP contribution is -2.26. The number of hydrogen-bond donors (Lipinski definition) is 0. The van der Waals surface area contributed by atoms with Crippen LogP contribution in [0, 0.1) is 0 Å². The Hall–Kier alpha value is -0.560. The largest absolute Gasteiger partial charge is 0.305 e. The monoisotopic (exact) mass is 308 g/mol. The molecule has 0 saturated carbocycles. The minimum atomic E-state index is 0.892. The zero-order valence-corrected chi connectivity index (χ0v) is 15.9. The fourth-order valence-corrected chi connectivity index (χ4v) is 2.59. The molecule has 0 aliphatic heterocycles. The molecule has 0 aliphatic carbocycles. The molecule has 0 fully saturated rings. The standard InChI is InChI=1S/C21H42N/c1-5-6-7-8-9-10-11-12-13-14-15-16-17-18-19-20-21-22(2,3)4/h18-21H,5-17H2,1-4H3/q+1/b19-18+,21-20+. The molecule has 1 heteroatoms. The summed E-state index contributed by atoms with van der Waals surface area (Å²) in [6, 6.07) is 0. The van der Waals surface area contributed by atoms with Crippen LogP contribution in [-0.2, 0) is 0 Å². The first-order valence-corrected chi connectivity index (χ1v) is 9.72. The molecule has 0 aromatic carbocycles. The average molecular weight is 309 g/mol. The minimum absolute atomic E-state index is 0.892. The molecule has 0 amide bonds. The van der Waals surface area contributed by atoms with E-state index in [0.29, 0.717) is 0 Å². The van der Waals surface area contributed by atoms with Gasteiger partial charge in [0.1, 0.15) is 0 Å². The van der Waals surface area contributed by atoms with Crippen molar-refractivity contribution < 1.29 is 4.48 Å². The zero-order valence-electron chi connectivity index (χ0n) is 15.9. The summed E-state index contributed by atoms with van der Waals surface area (Å²) in [4.78, 5) is 0. The van der Waals surface area contributed by atoms with Crippen molar-refractivity contribution in [2.45, 2.75) is 90.4 Å². The summed E-state index contributed by atoms with van der Waals surface area (Å²) < 4.78 is 0.892. The summed E-state index contributed by atoms with van der Waals surface area (Å²) in [6.07, 6.45) is 27.3. The SMILES string of the molecule is CCCCCCCCCCCCCC/C=C/C=C/[N+](C)(C)C. The fraction of sp³-hybridized carbons (Fsp3) is 0.810. The highest BCUT2D eigenvalue weighted by Crippen LogP contribution is 2.12. The summed E-state index contributed by atoms with van der Waals surface area (Å²) in [5.41, 5.74) is 0. The molecule has 130 valence electrons. The molecule has 0 saturated heterocycles. The van der Waals surface area contributed by atoms with E-state index in [1.807, 2.05) is 0 Å². The lowest BCUT2D eigenvalue weighted by atomic mass is 10.0. The van der Waals surface area contributed by atoms with Crippen LogP contribution in [0.1, 0.15) is 90.4 Å². The Balaban J connectivity index is 3.17. The third-order valence-electron chi connectivity index (χ3n) is 4.00. The van der Waals surface area contributed by atoms with Gasteiger partial charge in [0.25, 0.3) is 0 Å². The Labute approximate surface area is 141 Å². The van der Waals surface area contributed by atoms with E-state index < -0.39 is 0 Å². The maximum atomic E-state index is 2.31. The van der Waals surface area contributed by atoms with Crippen molar-refractivity contribution in [3.05, 3.63) is 24.4 Å². The van der Waals surface area contributed by atoms with Crippen LogP contribution < -0.4 is 0 Å². The summed E-state index contributed by atoms with van der Waals surface area (Å²) in [7, 11) is 6.53. The topological polar surface area (TPSA) is 0 Å². The minimum Gasteiger partial charge on any atom is -0.305 e. The van der Waals surface area contributed by atoms with Crippen LogP contribution in [0.15, 0.2) is 24.4 Å². The molecule has 22 heavy (non-hydrogen) atoms. The van der Waals surface area contributed by atoms with Crippen LogP contribution in [0.5, 0.6) is 0 Å². The normalized spacial score (nSPS) is 12.7. The number of quaternary nitrogens is 1. The second-order valence-corrected chi connectivity index (χ2v) is 7.56. The first kappa shape index (κ1) is 21.4. The van der Waals surface area contributed by atoms with E-state index in [0.717, 1.165) is 4.48 Å². The first-order valence-electron chi connectivity index (χ1n) is 9.72. The van der Waals surface area contributed by atoms with Gasteiger partial charge >= 0.3 is 0 Å². The Morgan fingerprint density at radius 1 is 0.591 bits per heavy atom. The average Bonchev–Trinajstić information content (AvgIpc) is 2.45. The van der Waals surface area contributed by atoms with Crippen LogP contribution in [0.3, 0.4) is 0 Å². The zero-order chi connectivity index (χ0) is 16.5. The lowest BCUT2D eigenvalue weighted by Gasteiger charge is -2.16. The maximum Gasteiger partial charge on any atom is 0.0952 e. The van der Waals surface area contributed by atoms with Crippen molar-refractivity contribution >= 4 is 0 Å². The van der Waals surface area contributed by atoms with E-state index in [1.54, 1.807) is 0 Å². The third kappa shape index (κ3) is 19.4. The van der Waals surface area contributed by atoms with Gasteiger partial charge in [-0.05, 0) is 18.9 Å². The van der Waals surface area contributed by atoms with Crippen molar-refractivity contribution in [2.24, 2.45) is 0 Å². The number of allylic oxidation sites excluding steroid dienone is 3. The number of nitrogens with zero attached hydrogens (tertiary/aromatic N) is 1. The molecule has 0 heterocycles. The van der Waals surface area contributed by atoms with E-state index in [1.165, 1.54) is 83.5 Å². The summed E-state index contributed by atoms with van der Waals surface area (Å²) in [5.74, 6) is 0. The highest BCUT2D eigenvalue weighted by Gasteiger charge is 1.97. The Morgan fingerprint density at radius 2 is 1.05 bits per heavy atom. The van der Waals surface area contributed by atoms with Gasteiger partial charge in [0.15, 0.2) is 0 Å². The van der Waals surface area contributed by atoms with Gasteiger partial charge in [0, 0.05) is 0 Å². The predicted octanol–water partition coefficient (Wildman–Crippen LogP) is 6.85. The number of unbranched alkanes of at least 4 members (excludes halogenated alkanes) is 12. The quantitative estimate of drug-likeness (QED) is 0.176. The maximum absolute atomic E-state index is 2.31. The molecule has 0 bridgehead atoms. The van der Waals surface area contributed by atoms with Crippen LogP contribution in [0.25, 0.3) is 0 Å². The summed E-state index contributed by atoms with van der Waals surface area (Å²) in [6.45, 7) is 2.29. The van der Waals surface area contributed by atoms with Crippen molar-refractivity contribution in [2.75, 3.05) is 21.1 Å². The molecule has 0 spiro atoms. The summed E-state index contributed by atoms with van der Waals surface area (Å²) >= 11 is 0. The molecule has 0 aliphatic rings. The van der Waals surface area contributed by atoms with E-state index in [-0.39, 0.29) is 0 Å². The van der Waals surface area contributed by atoms with Gasteiger partial charge in [0.05, 0.1) is 27.3 Å². The van der Waals surface area contributed by atoms with E-state index in [9.17, 15) is 0 Å². The molecule has 0 atom stereocenters. The van der Waals surface area contributed by atoms with Gasteiger partial charge in [-0.3, -0.25) is 0 Å². The van der Waals surface area contributed by atoms with Gasteiger partial charge in [0.2, 0.25) is 0 Å². The molecule has 0 radical (unpaired) electrons. The smallest absolute Gasteiger partial charge is 0.0952 e. The van der Waals surface area contributed by atoms with Crippen molar-refractivity contribution in [1.29, 1.82) is 0 Å². The van der Waals surface area contributed by atoms with E-state index in [4.69, 9.17) is 0 Å². The second-order valence-electron chi connectivity index (χ2n) is 7.56.